The van der Waals surface area contributed by atoms with Crippen LogP contribution in [0.4, 0.5) is 0 Å². The molecule has 2 aliphatic rings. The highest BCUT2D eigenvalue weighted by molar-refractivity contribution is 5.87. The fourth-order valence-corrected chi connectivity index (χ4v) is 6.26. The summed E-state index contributed by atoms with van der Waals surface area (Å²) in [7, 11) is 2.54. The Morgan fingerprint density at radius 1 is 0.729 bits per heavy atom. The van der Waals surface area contributed by atoms with Gasteiger partial charge in [0.2, 0.25) is 12.0 Å². The number of rotatable bonds is 12. The average Bonchev–Trinajstić information content (AvgIpc) is 3.19. The van der Waals surface area contributed by atoms with Crippen molar-refractivity contribution in [3.05, 3.63) is 76.5 Å². The van der Waals surface area contributed by atoms with E-state index in [1.54, 1.807) is 0 Å². The number of phenolic OH excluding ortho intramolecular Hbond substituents is 3. The third-order valence-corrected chi connectivity index (χ3v) is 9.23. The maximum absolute atomic E-state index is 13.2. The Hall–Kier alpha value is -6.46. The summed E-state index contributed by atoms with van der Waals surface area (Å²) in [5.41, 5.74) is -0.476. The fraction of sp³-hybridized carbons (Fsp3) is 0.316. The number of aliphatic hydroxyl groups excluding tert-OH is 4. The molecule has 10 atom stereocenters. The molecule has 1 aromatic heterocycles. The summed E-state index contributed by atoms with van der Waals surface area (Å²) in [4.78, 5) is 50.2. The highest BCUT2D eigenvalue weighted by Crippen LogP contribution is 2.41. The molecule has 21 heteroatoms. The number of carboxylic acid groups (broad SMARTS) is 2. The van der Waals surface area contributed by atoms with Crippen molar-refractivity contribution in [2.45, 2.75) is 61.4 Å². The molecule has 0 aliphatic carbocycles. The third-order valence-electron chi connectivity index (χ3n) is 9.23. The summed E-state index contributed by atoms with van der Waals surface area (Å²) >= 11 is 0. The van der Waals surface area contributed by atoms with Crippen LogP contribution in [0.1, 0.15) is 5.56 Å². The van der Waals surface area contributed by atoms with Crippen molar-refractivity contribution in [2.24, 2.45) is 0 Å². The smallest absolute Gasteiger partial charge is 0.335 e. The van der Waals surface area contributed by atoms with Gasteiger partial charge in [0.15, 0.2) is 47.6 Å². The average molecular weight is 829 g/mol. The van der Waals surface area contributed by atoms with Crippen LogP contribution in [0.15, 0.2) is 69.9 Å². The van der Waals surface area contributed by atoms with Crippen LogP contribution in [0.3, 0.4) is 0 Å². The van der Waals surface area contributed by atoms with Gasteiger partial charge in [-0.05, 0) is 35.9 Å². The lowest BCUT2D eigenvalue weighted by Crippen LogP contribution is -2.66. The Bertz CT molecular complexity index is 2280. The van der Waals surface area contributed by atoms with E-state index in [-0.39, 0.29) is 45.3 Å². The number of phenols is 3. The van der Waals surface area contributed by atoms with Gasteiger partial charge in [0, 0.05) is 29.8 Å². The third kappa shape index (κ3) is 8.71. The number of aromatic hydroxyl groups is 3. The van der Waals surface area contributed by atoms with Crippen molar-refractivity contribution in [1.82, 2.24) is 0 Å². The molecule has 59 heavy (non-hydrogen) atoms. The Balaban J connectivity index is 1.35. The van der Waals surface area contributed by atoms with E-state index >= 15 is 0 Å². The zero-order valence-corrected chi connectivity index (χ0v) is 30.5. The first-order chi connectivity index (χ1) is 28.0. The van der Waals surface area contributed by atoms with Crippen LogP contribution < -0.4 is 19.6 Å². The predicted molar refractivity (Wildman–Crippen MR) is 193 cm³/mol. The molecule has 6 rings (SSSR count). The van der Waals surface area contributed by atoms with Gasteiger partial charge in [0.1, 0.15) is 58.4 Å². The quantitative estimate of drug-likeness (QED) is 0.0672. The summed E-state index contributed by atoms with van der Waals surface area (Å²) < 4.78 is 43.9. The molecule has 4 unspecified atom stereocenters. The molecule has 2 fully saturated rings. The monoisotopic (exact) mass is 828 g/mol. The SMILES string of the molecule is COc1cc(-c2cc(=O)c3c(O)cc(O[C@@H]4OC(C(=O)O)[C@@H](O)[C@H](O)C4O[C@@H]4OC(C(=O)O)[C@@H](O)[C@H](O)C4OC(=O)/C=C/c4ccc(O)cc4)cc3o2)cc(OC)c1O. The van der Waals surface area contributed by atoms with Crippen molar-refractivity contribution in [3.63, 3.8) is 0 Å². The first-order valence-electron chi connectivity index (χ1n) is 17.3. The van der Waals surface area contributed by atoms with Crippen molar-refractivity contribution >= 4 is 35.0 Å². The number of hydrogen-bond acceptors (Lipinski definition) is 19. The number of aliphatic hydroxyl groups is 4. The van der Waals surface area contributed by atoms with Gasteiger partial charge in [0.05, 0.1) is 14.2 Å². The van der Waals surface area contributed by atoms with E-state index in [4.69, 9.17) is 37.6 Å². The summed E-state index contributed by atoms with van der Waals surface area (Å²) in [5, 5.41) is 93.3. The van der Waals surface area contributed by atoms with Gasteiger partial charge in [-0.1, -0.05) is 12.1 Å². The number of hydrogen-bond donors (Lipinski definition) is 9. The van der Waals surface area contributed by atoms with Crippen LogP contribution >= 0.6 is 0 Å². The van der Waals surface area contributed by atoms with Gasteiger partial charge < -0.3 is 83.5 Å². The Kier molecular flexibility index (Phi) is 12.3. The highest BCUT2D eigenvalue weighted by atomic mass is 16.8. The van der Waals surface area contributed by atoms with E-state index in [1.165, 1.54) is 56.7 Å². The molecule has 3 heterocycles. The lowest BCUT2D eigenvalue weighted by Gasteiger charge is -2.45. The minimum Gasteiger partial charge on any atom is -0.508 e. The van der Waals surface area contributed by atoms with Crippen molar-refractivity contribution in [2.75, 3.05) is 14.2 Å². The first kappa shape index (κ1) is 42.2. The molecule has 21 nitrogen and oxygen atoms in total. The highest BCUT2D eigenvalue weighted by Gasteiger charge is 2.55. The van der Waals surface area contributed by atoms with Crippen LogP contribution in [0.25, 0.3) is 28.4 Å². The first-order valence-corrected chi connectivity index (χ1v) is 17.3. The Labute approximate surface area is 330 Å². The minimum absolute atomic E-state index is 0.0440. The van der Waals surface area contributed by atoms with Crippen LogP contribution in [0.5, 0.6) is 34.5 Å². The summed E-state index contributed by atoms with van der Waals surface area (Å²) in [6.45, 7) is 0. The van der Waals surface area contributed by atoms with Gasteiger partial charge in [-0.3, -0.25) is 4.79 Å². The van der Waals surface area contributed by atoms with E-state index < -0.39 is 96.2 Å². The summed E-state index contributed by atoms with van der Waals surface area (Å²) in [6.07, 6.45) is -19.7. The maximum Gasteiger partial charge on any atom is 0.335 e. The van der Waals surface area contributed by atoms with Gasteiger partial charge in [-0.15, -0.1) is 0 Å². The Morgan fingerprint density at radius 3 is 1.88 bits per heavy atom. The second kappa shape index (κ2) is 17.2. The zero-order chi connectivity index (χ0) is 42.9. The second-order valence-electron chi connectivity index (χ2n) is 13.1. The molecule has 0 radical (unpaired) electrons. The molecule has 0 amide bonds. The van der Waals surface area contributed by atoms with Crippen molar-refractivity contribution in [3.8, 4) is 45.8 Å². The lowest BCUT2D eigenvalue weighted by molar-refractivity contribution is -0.350. The fourth-order valence-electron chi connectivity index (χ4n) is 6.26. The maximum atomic E-state index is 13.2. The molecule has 0 saturated carbocycles. The molecular weight excluding hydrogens is 792 g/mol. The van der Waals surface area contributed by atoms with Gasteiger partial charge in [-0.2, -0.15) is 0 Å². The largest absolute Gasteiger partial charge is 0.508 e. The summed E-state index contributed by atoms with van der Waals surface area (Å²) in [6, 6.07) is 11.2. The zero-order valence-electron chi connectivity index (χ0n) is 30.5. The minimum atomic E-state index is -2.27. The molecule has 2 saturated heterocycles. The molecule has 2 aliphatic heterocycles. The van der Waals surface area contributed by atoms with Crippen molar-refractivity contribution in [1.29, 1.82) is 0 Å². The molecule has 4 aromatic rings. The van der Waals surface area contributed by atoms with Gasteiger partial charge in [0.25, 0.3) is 0 Å². The van der Waals surface area contributed by atoms with E-state index in [2.05, 4.69) is 0 Å². The number of ether oxygens (including phenoxy) is 7. The number of fused-ring (bicyclic) bond motifs is 1. The standard InChI is InChI=1S/C38H36O21/c1-52-22-9-15(10-23(53-2)26(22)43)20-13-19(41)25-18(40)11-17(12-21(25)55-20)54-37-34(30(47)28(45)31(57-37)35(48)49)59-38-33(29(46)27(44)32(58-38)36(50)51)56-24(42)8-5-14-3-6-16(39)7-4-14/h3-13,27-34,37-40,43-47H,1-2H3,(H,48,49)(H,50,51)/b8-5+/t27-,28-,29-,30-,31?,32?,33?,34?,37+,38-/m0/s1. The van der Waals surface area contributed by atoms with E-state index in [0.717, 1.165) is 24.3 Å². The van der Waals surface area contributed by atoms with E-state index in [1.807, 2.05) is 0 Å². The van der Waals surface area contributed by atoms with E-state index in [0.29, 0.717) is 5.56 Å². The van der Waals surface area contributed by atoms with Gasteiger partial charge >= 0.3 is 17.9 Å². The topological polar surface area (TPSA) is 328 Å². The molecule has 3 aromatic carbocycles. The molecule has 314 valence electrons. The van der Waals surface area contributed by atoms with Crippen LogP contribution in [0, 0.1) is 0 Å². The molecule has 0 spiro atoms. The number of esters is 1. The van der Waals surface area contributed by atoms with Crippen molar-refractivity contribution < 1.29 is 97.9 Å². The predicted octanol–water partition coefficient (Wildman–Crippen LogP) is 0.0458. The lowest BCUT2D eigenvalue weighted by atomic mass is 9.96. The number of benzene rings is 3. The van der Waals surface area contributed by atoms with Crippen LogP contribution in [-0.2, 0) is 33.3 Å². The second-order valence-corrected chi connectivity index (χ2v) is 13.1. The molecule has 9 N–H and O–H groups in total. The number of carbonyl (C=O) groups is 3. The van der Waals surface area contributed by atoms with Crippen LogP contribution in [-0.4, -0.2) is 139 Å². The summed E-state index contributed by atoms with van der Waals surface area (Å²) in [5.74, 6) is -6.52. The number of carbonyl (C=O) groups excluding carboxylic acids is 1. The number of carboxylic acids is 2. The Morgan fingerprint density at radius 2 is 1.31 bits per heavy atom. The van der Waals surface area contributed by atoms with Crippen LogP contribution in [0.2, 0.25) is 0 Å². The molecular formula is C38H36O21. The van der Waals surface area contributed by atoms with E-state index in [9.17, 15) is 65.1 Å². The number of aliphatic carboxylic acids is 2. The normalized spacial score (nSPS) is 26.9. The number of methoxy groups -OCH3 is 2. The van der Waals surface area contributed by atoms with Gasteiger partial charge in [-0.25, -0.2) is 14.4 Å². The molecule has 0 bridgehead atoms.